The maximum atomic E-state index is 11.4. The Labute approximate surface area is 86.7 Å². The first-order valence-corrected chi connectivity index (χ1v) is 5.01. The summed E-state index contributed by atoms with van der Waals surface area (Å²) in [6.45, 7) is 7.12. The van der Waals surface area contributed by atoms with E-state index in [1.165, 1.54) is 0 Å². The van der Waals surface area contributed by atoms with Crippen LogP contribution in [0.5, 0.6) is 0 Å². The molecule has 0 aromatic carbocycles. The molecule has 1 N–H and O–H groups in total. The van der Waals surface area contributed by atoms with Gasteiger partial charge in [-0.2, -0.15) is 0 Å². The molecule has 0 aromatic heterocycles. The Morgan fingerprint density at radius 3 is 2.31 bits per heavy atom. The molecule has 3 nitrogen and oxygen atoms in total. The highest BCUT2D eigenvalue weighted by Gasteiger charge is 2.23. The summed E-state index contributed by atoms with van der Waals surface area (Å²) in [6, 6.07) is 0. The van der Waals surface area contributed by atoms with Gasteiger partial charge < -0.3 is 10.1 Å². The lowest BCUT2D eigenvalue weighted by Gasteiger charge is -2.23. The van der Waals surface area contributed by atoms with Crippen molar-refractivity contribution in [3.05, 3.63) is 10.1 Å². The van der Waals surface area contributed by atoms with Gasteiger partial charge in [-0.15, -0.1) is 0 Å². The number of hydrogen-bond acceptors (Lipinski definition) is 3. The third-order valence-electron chi connectivity index (χ3n) is 1.57. The predicted octanol–water partition coefficient (Wildman–Crippen LogP) is 1.58. The maximum Gasteiger partial charge on any atom is 0.345 e. The fourth-order valence-electron chi connectivity index (χ4n) is 0.872. The van der Waals surface area contributed by atoms with E-state index in [0.29, 0.717) is 4.48 Å². The molecule has 0 spiro atoms. The van der Waals surface area contributed by atoms with Gasteiger partial charge in [-0.05, 0) is 42.3 Å². The lowest BCUT2D eigenvalue weighted by Crippen LogP contribution is -2.36. The first-order valence-electron chi connectivity index (χ1n) is 4.22. The summed E-state index contributed by atoms with van der Waals surface area (Å²) >= 11 is 3.24. The normalized spacial score (nSPS) is 16.5. The first kappa shape index (κ1) is 10.7. The van der Waals surface area contributed by atoms with E-state index >= 15 is 0 Å². The van der Waals surface area contributed by atoms with Gasteiger partial charge in [0.2, 0.25) is 0 Å². The van der Waals surface area contributed by atoms with Crippen molar-refractivity contribution in [1.29, 1.82) is 0 Å². The molecule has 1 rings (SSSR count). The van der Waals surface area contributed by atoms with Crippen molar-refractivity contribution in [2.75, 3.05) is 13.1 Å². The summed E-state index contributed by atoms with van der Waals surface area (Å²) in [5, 5.41) is 3.06. The molecule has 13 heavy (non-hydrogen) atoms. The van der Waals surface area contributed by atoms with E-state index in [2.05, 4.69) is 21.2 Å². The molecule has 0 aromatic rings. The van der Waals surface area contributed by atoms with E-state index in [1.807, 2.05) is 20.8 Å². The molecule has 0 saturated carbocycles. The fourth-order valence-corrected chi connectivity index (χ4v) is 1.23. The Balaban J connectivity index is 2.58. The second-order valence-corrected chi connectivity index (χ2v) is 4.82. The molecule has 0 atom stereocenters. The molecule has 0 aliphatic carbocycles. The Morgan fingerprint density at radius 2 is 2.00 bits per heavy atom. The van der Waals surface area contributed by atoms with E-state index in [1.54, 1.807) is 0 Å². The zero-order chi connectivity index (χ0) is 10.1. The Hall–Kier alpha value is -0.350. The molecule has 74 valence electrons. The monoisotopic (exact) mass is 247 g/mol. The van der Waals surface area contributed by atoms with Crippen LogP contribution in [0.25, 0.3) is 0 Å². The van der Waals surface area contributed by atoms with E-state index < -0.39 is 5.60 Å². The largest absolute Gasteiger partial charge is 0.456 e. The SMILES string of the molecule is CC(C)(C)OC(=O)C(Br)=C1CNC1. The second kappa shape index (κ2) is 3.80. The summed E-state index contributed by atoms with van der Waals surface area (Å²) < 4.78 is 5.76. The predicted molar refractivity (Wildman–Crippen MR) is 54.7 cm³/mol. The Kier molecular flexibility index (Phi) is 3.14. The van der Waals surface area contributed by atoms with Gasteiger partial charge in [-0.3, -0.25) is 0 Å². The molecule has 1 fully saturated rings. The summed E-state index contributed by atoms with van der Waals surface area (Å²) in [6.07, 6.45) is 0. The van der Waals surface area contributed by atoms with Crippen LogP contribution in [0.4, 0.5) is 0 Å². The van der Waals surface area contributed by atoms with Gasteiger partial charge >= 0.3 is 5.97 Å². The minimum atomic E-state index is -0.423. The minimum absolute atomic E-state index is 0.274. The van der Waals surface area contributed by atoms with E-state index in [-0.39, 0.29) is 5.97 Å². The van der Waals surface area contributed by atoms with Gasteiger partial charge in [0.05, 0.1) is 0 Å². The van der Waals surface area contributed by atoms with Gasteiger partial charge in [0.15, 0.2) is 0 Å². The van der Waals surface area contributed by atoms with Gasteiger partial charge in [-0.25, -0.2) is 4.79 Å². The zero-order valence-electron chi connectivity index (χ0n) is 8.11. The molecule has 1 aliphatic rings. The lowest BCUT2D eigenvalue weighted by atomic mass is 10.1. The van der Waals surface area contributed by atoms with Crippen molar-refractivity contribution >= 4 is 21.9 Å². The van der Waals surface area contributed by atoms with E-state index in [9.17, 15) is 4.79 Å². The average Bonchev–Trinajstić information content (AvgIpc) is 1.78. The van der Waals surface area contributed by atoms with Gasteiger partial charge in [0, 0.05) is 13.1 Å². The van der Waals surface area contributed by atoms with Crippen molar-refractivity contribution in [3.8, 4) is 0 Å². The summed E-state index contributed by atoms with van der Waals surface area (Å²) in [7, 11) is 0. The number of halogens is 1. The molecule has 4 heteroatoms. The number of esters is 1. The highest BCUT2D eigenvalue weighted by Crippen LogP contribution is 2.20. The fraction of sp³-hybridized carbons (Fsp3) is 0.667. The number of hydrogen-bond donors (Lipinski definition) is 1. The van der Waals surface area contributed by atoms with Crippen LogP contribution < -0.4 is 5.32 Å². The topological polar surface area (TPSA) is 38.3 Å². The number of rotatable bonds is 1. The van der Waals surface area contributed by atoms with E-state index in [4.69, 9.17) is 4.74 Å². The molecule has 1 heterocycles. The van der Waals surface area contributed by atoms with Gasteiger partial charge in [0.1, 0.15) is 10.1 Å². The molecular weight excluding hydrogens is 234 g/mol. The number of carbonyl (C=O) groups is 1. The number of carbonyl (C=O) groups excluding carboxylic acids is 1. The minimum Gasteiger partial charge on any atom is -0.456 e. The third-order valence-corrected chi connectivity index (χ3v) is 2.45. The Bertz CT molecular complexity index is 247. The second-order valence-electron chi connectivity index (χ2n) is 4.02. The van der Waals surface area contributed by atoms with Crippen LogP contribution in [-0.4, -0.2) is 24.7 Å². The van der Waals surface area contributed by atoms with Crippen LogP contribution in [-0.2, 0) is 9.53 Å². The average molecular weight is 248 g/mol. The van der Waals surface area contributed by atoms with E-state index in [0.717, 1.165) is 18.7 Å². The quantitative estimate of drug-likeness (QED) is 0.565. The highest BCUT2D eigenvalue weighted by molar-refractivity contribution is 9.12. The van der Waals surface area contributed by atoms with Crippen molar-refractivity contribution < 1.29 is 9.53 Å². The number of ether oxygens (including phenoxy) is 1. The van der Waals surface area contributed by atoms with Crippen molar-refractivity contribution in [3.63, 3.8) is 0 Å². The van der Waals surface area contributed by atoms with Crippen molar-refractivity contribution in [1.82, 2.24) is 5.32 Å². The first-order chi connectivity index (χ1) is 5.90. The summed E-state index contributed by atoms with van der Waals surface area (Å²) in [5.41, 5.74) is 0.655. The molecule has 0 radical (unpaired) electrons. The lowest BCUT2D eigenvalue weighted by molar-refractivity contribution is -0.148. The molecule has 1 saturated heterocycles. The summed E-state index contributed by atoms with van der Waals surface area (Å²) in [4.78, 5) is 11.4. The molecule has 0 bridgehead atoms. The highest BCUT2D eigenvalue weighted by atomic mass is 79.9. The number of nitrogens with one attached hydrogen (secondary N) is 1. The third kappa shape index (κ3) is 3.12. The molecule has 1 aliphatic heterocycles. The standard InChI is InChI=1S/C9H14BrNO2/c1-9(2,3)13-8(12)7(10)6-4-11-5-6/h11H,4-5H2,1-3H3. The van der Waals surface area contributed by atoms with Crippen LogP contribution in [0.2, 0.25) is 0 Å². The molecule has 0 amide bonds. The van der Waals surface area contributed by atoms with Gasteiger partial charge in [0.25, 0.3) is 0 Å². The van der Waals surface area contributed by atoms with Crippen molar-refractivity contribution in [2.24, 2.45) is 0 Å². The van der Waals surface area contributed by atoms with Gasteiger partial charge in [-0.1, -0.05) is 0 Å². The smallest absolute Gasteiger partial charge is 0.345 e. The maximum absolute atomic E-state index is 11.4. The van der Waals surface area contributed by atoms with Crippen LogP contribution in [0, 0.1) is 0 Å². The zero-order valence-corrected chi connectivity index (χ0v) is 9.69. The van der Waals surface area contributed by atoms with Crippen LogP contribution in [0.1, 0.15) is 20.8 Å². The van der Waals surface area contributed by atoms with Crippen molar-refractivity contribution in [2.45, 2.75) is 26.4 Å². The molecular formula is C9H14BrNO2. The van der Waals surface area contributed by atoms with Crippen LogP contribution >= 0.6 is 15.9 Å². The van der Waals surface area contributed by atoms with Crippen LogP contribution in [0.15, 0.2) is 10.1 Å². The van der Waals surface area contributed by atoms with Crippen LogP contribution in [0.3, 0.4) is 0 Å². The Morgan fingerprint density at radius 1 is 1.46 bits per heavy atom. The summed E-state index contributed by atoms with van der Waals surface area (Å²) in [5.74, 6) is -0.274. The molecule has 0 unspecified atom stereocenters.